The van der Waals surface area contributed by atoms with Crippen molar-refractivity contribution in [2.45, 2.75) is 45.4 Å². The van der Waals surface area contributed by atoms with Gasteiger partial charge >= 0.3 is 0 Å². The Kier molecular flexibility index (Phi) is 2.70. The Hall–Kier alpha value is -1.62. The molecule has 96 valence electrons. The number of nitrogens with one attached hydrogen (secondary N) is 1. The lowest BCUT2D eigenvalue weighted by molar-refractivity contribution is 0.684. The third kappa shape index (κ3) is 1.66. The van der Waals surface area contributed by atoms with Crippen LogP contribution in [0, 0.1) is 13.8 Å². The number of aromatic nitrogens is 3. The third-order valence-corrected chi connectivity index (χ3v) is 4.01. The lowest BCUT2D eigenvalue weighted by Gasteiger charge is -2.09. The molecule has 3 N–H and O–H groups in total. The molecule has 0 spiro atoms. The number of nitrogens with zero attached hydrogens (tertiary/aromatic N) is 3. The molecular weight excluding hydrogens is 226 g/mol. The molecule has 0 saturated heterocycles. The number of aryl methyl sites for hydroxylation is 1. The van der Waals surface area contributed by atoms with Crippen molar-refractivity contribution in [2.75, 3.05) is 5.43 Å². The van der Waals surface area contributed by atoms with Gasteiger partial charge < -0.3 is 5.43 Å². The summed E-state index contributed by atoms with van der Waals surface area (Å²) in [5.41, 5.74) is 6.82. The van der Waals surface area contributed by atoms with Crippen LogP contribution in [0.4, 0.5) is 5.82 Å². The maximum absolute atomic E-state index is 5.61. The van der Waals surface area contributed by atoms with E-state index < -0.39 is 0 Å². The Morgan fingerprint density at radius 3 is 2.72 bits per heavy atom. The molecule has 5 nitrogen and oxygen atoms in total. The van der Waals surface area contributed by atoms with Crippen LogP contribution in [-0.2, 0) is 0 Å². The Labute approximate surface area is 106 Å². The molecule has 5 heteroatoms. The van der Waals surface area contributed by atoms with Crippen molar-refractivity contribution in [2.24, 2.45) is 5.84 Å². The summed E-state index contributed by atoms with van der Waals surface area (Å²) in [6.07, 6.45) is 5.11. The molecule has 18 heavy (non-hydrogen) atoms. The van der Waals surface area contributed by atoms with Gasteiger partial charge in [-0.15, -0.1) is 0 Å². The second-order valence-electron chi connectivity index (χ2n) is 5.14. The minimum Gasteiger partial charge on any atom is -0.308 e. The molecule has 1 fully saturated rings. The minimum absolute atomic E-state index is 0.595. The van der Waals surface area contributed by atoms with E-state index in [0.717, 1.165) is 28.4 Å². The highest BCUT2D eigenvalue weighted by molar-refractivity contribution is 5.55. The average molecular weight is 245 g/mol. The quantitative estimate of drug-likeness (QED) is 0.629. The van der Waals surface area contributed by atoms with Crippen LogP contribution in [0.3, 0.4) is 0 Å². The molecule has 3 rings (SSSR count). The number of anilines is 1. The number of rotatable bonds is 2. The van der Waals surface area contributed by atoms with E-state index >= 15 is 0 Å². The SMILES string of the molecule is Cc1nc2cc(C3CCCC3)nn2c(NN)c1C. The summed E-state index contributed by atoms with van der Waals surface area (Å²) < 4.78 is 1.83. The molecule has 0 bridgehead atoms. The standard InChI is InChI=1S/C13H19N5/c1-8-9(2)15-12-7-11(10-5-3-4-6-10)17-18(12)13(8)16-14/h7,10,16H,3-6,14H2,1-2H3. The van der Waals surface area contributed by atoms with E-state index in [4.69, 9.17) is 5.84 Å². The number of hydrazine groups is 1. The van der Waals surface area contributed by atoms with Crippen LogP contribution in [0.25, 0.3) is 5.65 Å². The first kappa shape index (κ1) is 11.5. The molecule has 0 aromatic carbocycles. The molecule has 2 aromatic rings. The largest absolute Gasteiger partial charge is 0.308 e. The zero-order valence-electron chi connectivity index (χ0n) is 10.9. The Morgan fingerprint density at radius 2 is 2.06 bits per heavy atom. The summed E-state index contributed by atoms with van der Waals surface area (Å²) in [5.74, 6) is 7.04. The van der Waals surface area contributed by atoms with E-state index in [9.17, 15) is 0 Å². The van der Waals surface area contributed by atoms with Crippen LogP contribution in [0.5, 0.6) is 0 Å². The highest BCUT2D eigenvalue weighted by Crippen LogP contribution is 2.34. The van der Waals surface area contributed by atoms with E-state index in [1.165, 1.54) is 25.7 Å². The molecule has 1 aliphatic carbocycles. The molecular formula is C13H19N5. The first-order valence-electron chi connectivity index (χ1n) is 6.54. The maximum atomic E-state index is 5.61. The first-order valence-corrected chi connectivity index (χ1v) is 6.54. The van der Waals surface area contributed by atoms with Gasteiger partial charge in [-0.1, -0.05) is 12.8 Å². The second kappa shape index (κ2) is 4.24. The predicted molar refractivity (Wildman–Crippen MR) is 71.5 cm³/mol. The molecule has 2 heterocycles. The first-order chi connectivity index (χ1) is 8.70. The van der Waals surface area contributed by atoms with Gasteiger partial charge in [0.05, 0.1) is 5.69 Å². The van der Waals surface area contributed by atoms with Crippen molar-refractivity contribution in [3.8, 4) is 0 Å². The number of nitrogens with two attached hydrogens (primary N) is 1. The molecule has 0 aliphatic heterocycles. The predicted octanol–water partition coefficient (Wildman–Crippen LogP) is 2.29. The summed E-state index contributed by atoms with van der Waals surface area (Å²) in [7, 11) is 0. The second-order valence-corrected chi connectivity index (χ2v) is 5.14. The number of nitrogen functional groups attached to an aromatic ring is 1. The smallest absolute Gasteiger partial charge is 0.157 e. The van der Waals surface area contributed by atoms with Crippen molar-refractivity contribution in [3.63, 3.8) is 0 Å². The summed E-state index contributed by atoms with van der Waals surface area (Å²) in [6.45, 7) is 4.01. The van der Waals surface area contributed by atoms with E-state index in [2.05, 4.69) is 21.6 Å². The van der Waals surface area contributed by atoms with Crippen LogP contribution in [0.1, 0.15) is 48.6 Å². The maximum Gasteiger partial charge on any atom is 0.157 e. The van der Waals surface area contributed by atoms with Crippen molar-refractivity contribution >= 4 is 11.5 Å². The fourth-order valence-electron chi connectivity index (χ4n) is 2.81. The number of hydrogen-bond donors (Lipinski definition) is 2. The minimum atomic E-state index is 0.595. The van der Waals surface area contributed by atoms with Gasteiger partial charge in [-0.05, 0) is 26.7 Å². The molecule has 1 aliphatic rings. The van der Waals surface area contributed by atoms with Gasteiger partial charge in [0.25, 0.3) is 0 Å². The molecule has 0 atom stereocenters. The van der Waals surface area contributed by atoms with Gasteiger partial charge in [0.15, 0.2) is 5.65 Å². The Balaban J connectivity index is 2.16. The van der Waals surface area contributed by atoms with Gasteiger partial charge in [0, 0.05) is 23.2 Å². The lowest BCUT2D eigenvalue weighted by Crippen LogP contribution is -2.14. The van der Waals surface area contributed by atoms with Crippen molar-refractivity contribution in [3.05, 3.63) is 23.0 Å². The van der Waals surface area contributed by atoms with Gasteiger partial charge in [0.1, 0.15) is 5.82 Å². The van der Waals surface area contributed by atoms with Crippen molar-refractivity contribution in [1.82, 2.24) is 14.6 Å². The summed E-state index contributed by atoms with van der Waals surface area (Å²) in [4.78, 5) is 4.58. The van der Waals surface area contributed by atoms with Gasteiger partial charge in [0.2, 0.25) is 0 Å². The van der Waals surface area contributed by atoms with Gasteiger partial charge in [-0.2, -0.15) is 9.61 Å². The molecule has 0 amide bonds. The van der Waals surface area contributed by atoms with Crippen LogP contribution in [0.15, 0.2) is 6.07 Å². The molecule has 0 radical (unpaired) electrons. The highest BCUT2D eigenvalue weighted by atomic mass is 15.4. The van der Waals surface area contributed by atoms with E-state index in [0.29, 0.717) is 5.92 Å². The number of fused-ring (bicyclic) bond motifs is 1. The fourth-order valence-corrected chi connectivity index (χ4v) is 2.81. The topological polar surface area (TPSA) is 68.2 Å². The zero-order chi connectivity index (χ0) is 12.7. The number of hydrogen-bond acceptors (Lipinski definition) is 4. The van der Waals surface area contributed by atoms with Crippen LogP contribution < -0.4 is 11.3 Å². The van der Waals surface area contributed by atoms with Crippen LogP contribution in [-0.4, -0.2) is 14.6 Å². The van der Waals surface area contributed by atoms with E-state index in [-0.39, 0.29) is 0 Å². The Morgan fingerprint density at radius 1 is 1.33 bits per heavy atom. The van der Waals surface area contributed by atoms with Crippen molar-refractivity contribution < 1.29 is 0 Å². The Bertz CT molecular complexity index is 581. The van der Waals surface area contributed by atoms with E-state index in [1.807, 2.05) is 18.4 Å². The average Bonchev–Trinajstić information content (AvgIpc) is 2.98. The van der Waals surface area contributed by atoms with Crippen LogP contribution in [0.2, 0.25) is 0 Å². The summed E-state index contributed by atoms with van der Waals surface area (Å²) in [6, 6.07) is 2.10. The zero-order valence-corrected chi connectivity index (χ0v) is 10.9. The molecule has 1 saturated carbocycles. The fraction of sp³-hybridized carbons (Fsp3) is 0.538. The third-order valence-electron chi connectivity index (χ3n) is 4.01. The van der Waals surface area contributed by atoms with Gasteiger partial charge in [-0.3, -0.25) is 0 Å². The summed E-state index contributed by atoms with van der Waals surface area (Å²) in [5, 5.41) is 4.68. The van der Waals surface area contributed by atoms with Crippen molar-refractivity contribution in [1.29, 1.82) is 0 Å². The normalized spacial score (nSPS) is 16.6. The van der Waals surface area contributed by atoms with Crippen LogP contribution >= 0.6 is 0 Å². The van der Waals surface area contributed by atoms with Gasteiger partial charge in [-0.25, -0.2) is 10.8 Å². The molecule has 2 aromatic heterocycles. The monoisotopic (exact) mass is 245 g/mol. The highest BCUT2D eigenvalue weighted by Gasteiger charge is 2.21. The summed E-state index contributed by atoms with van der Waals surface area (Å²) >= 11 is 0. The lowest BCUT2D eigenvalue weighted by atomic mass is 10.1. The van der Waals surface area contributed by atoms with E-state index in [1.54, 1.807) is 0 Å². The molecule has 0 unspecified atom stereocenters.